The Kier molecular flexibility index (Phi) is 5.50. The number of hydrogen-bond donors (Lipinski definition) is 1. The SMILES string of the molecule is CCCOC(=O)c1cc(Br)ccc1NC(=O)c1nc2nc(C)cc(C)n2n1. The van der Waals surface area contributed by atoms with Crippen molar-refractivity contribution < 1.29 is 14.3 Å². The van der Waals surface area contributed by atoms with Gasteiger partial charge in [0.25, 0.3) is 11.7 Å². The number of halogens is 1. The molecule has 8 nitrogen and oxygen atoms in total. The van der Waals surface area contributed by atoms with Gasteiger partial charge in [-0.3, -0.25) is 4.79 Å². The van der Waals surface area contributed by atoms with Gasteiger partial charge in [-0.05, 0) is 44.5 Å². The van der Waals surface area contributed by atoms with Crippen LogP contribution < -0.4 is 5.32 Å². The third-order valence-electron chi connectivity index (χ3n) is 3.71. The number of ether oxygens (including phenoxy) is 1. The number of nitrogens with one attached hydrogen (secondary N) is 1. The molecule has 3 rings (SSSR count). The van der Waals surface area contributed by atoms with E-state index < -0.39 is 11.9 Å². The van der Waals surface area contributed by atoms with Gasteiger partial charge >= 0.3 is 5.97 Å². The van der Waals surface area contributed by atoms with Crippen molar-refractivity contribution in [2.24, 2.45) is 0 Å². The van der Waals surface area contributed by atoms with Crippen molar-refractivity contribution >= 4 is 39.3 Å². The predicted octanol–water partition coefficient (Wildman–Crippen LogP) is 3.32. The molecule has 0 saturated carbocycles. The molecular formula is C18H18BrN5O3. The number of amides is 1. The fourth-order valence-corrected chi connectivity index (χ4v) is 2.87. The van der Waals surface area contributed by atoms with Crippen LogP contribution in [0.2, 0.25) is 0 Å². The zero-order valence-electron chi connectivity index (χ0n) is 15.1. The number of carbonyl (C=O) groups is 2. The van der Waals surface area contributed by atoms with Gasteiger partial charge in [0.05, 0.1) is 17.9 Å². The van der Waals surface area contributed by atoms with Crippen LogP contribution in [-0.2, 0) is 4.74 Å². The second kappa shape index (κ2) is 7.83. The Balaban J connectivity index is 1.90. The highest BCUT2D eigenvalue weighted by molar-refractivity contribution is 9.10. The average Bonchev–Trinajstić information content (AvgIpc) is 3.05. The smallest absolute Gasteiger partial charge is 0.340 e. The molecule has 1 N–H and O–H groups in total. The maximum Gasteiger partial charge on any atom is 0.340 e. The average molecular weight is 432 g/mol. The number of aromatic nitrogens is 4. The van der Waals surface area contributed by atoms with Crippen molar-refractivity contribution in [3.63, 3.8) is 0 Å². The lowest BCUT2D eigenvalue weighted by Gasteiger charge is -2.10. The highest BCUT2D eigenvalue weighted by Crippen LogP contribution is 2.22. The van der Waals surface area contributed by atoms with Crippen LogP contribution >= 0.6 is 15.9 Å². The number of hydrogen-bond acceptors (Lipinski definition) is 6. The van der Waals surface area contributed by atoms with Crippen LogP contribution in [0.3, 0.4) is 0 Å². The molecule has 0 aliphatic rings. The van der Waals surface area contributed by atoms with Crippen LogP contribution in [0.4, 0.5) is 5.69 Å². The maximum atomic E-state index is 12.6. The van der Waals surface area contributed by atoms with Crippen LogP contribution in [-0.4, -0.2) is 38.1 Å². The molecule has 1 amide bonds. The normalized spacial score (nSPS) is 10.8. The molecule has 9 heteroatoms. The summed E-state index contributed by atoms with van der Waals surface area (Å²) < 4.78 is 7.38. The Morgan fingerprint density at radius 1 is 1.22 bits per heavy atom. The molecule has 0 atom stereocenters. The number of fused-ring (bicyclic) bond motifs is 1. The summed E-state index contributed by atoms with van der Waals surface area (Å²) in [7, 11) is 0. The molecule has 0 fully saturated rings. The number of nitrogens with zero attached hydrogens (tertiary/aromatic N) is 4. The van der Waals surface area contributed by atoms with Crippen LogP contribution in [0.15, 0.2) is 28.7 Å². The summed E-state index contributed by atoms with van der Waals surface area (Å²) in [5.74, 6) is -0.739. The minimum Gasteiger partial charge on any atom is -0.462 e. The summed E-state index contributed by atoms with van der Waals surface area (Å²) >= 11 is 3.33. The van der Waals surface area contributed by atoms with E-state index in [1.165, 1.54) is 4.52 Å². The highest BCUT2D eigenvalue weighted by Gasteiger charge is 2.19. The Hall–Kier alpha value is -2.81. The van der Waals surface area contributed by atoms with E-state index in [1.54, 1.807) is 18.2 Å². The summed E-state index contributed by atoms with van der Waals surface area (Å²) in [5.41, 5.74) is 2.17. The number of esters is 1. The topological polar surface area (TPSA) is 98.5 Å². The zero-order chi connectivity index (χ0) is 19.6. The minimum absolute atomic E-state index is 0.0352. The summed E-state index contributed by atoms with van der Waals surface area (Å²) in [6.07, 6.45) is 0.707. The Bertz CT molecular complexity index is 1030. The van der Waals surface area contributed by atoms with E-state index in [0.29, 0.717) is 29.0 Å². The van der Waals surface area contributed by atoms with Crippen LogP contribution in [0.1, 0.15) is 45.7 Å². The molecule has 0 spiro atoms. The molecular weight excluding hydrogens is 414 g/mol. The molecule has 2 heterocycles. The molecule has 2 aromatic heterocycles. The lowest BCUT2D eigenvalue weighted by Crippen LogP contribution is -2.17. The quantitative estimate of drug-likeness (QED) is 0.622. The lowest BCUT2D eigenvalue weighted by atomic mass is 10.2. The van der Waals surface area contributed by atoms with Crippen molar-refractivity contribution in [1.82, 2.24) is 19.6 Å². The minimum atomic E-state index is -0.538. The molecule has 0 aliphatic heterocycles. The molecule has 0 saturated heterocycles. The number of carbonyl (C=O) groups excluding carboxylic acids is 2. The molecule has 0 unspecified atom stereocenters. The van der Waals surface area contributed by atoms with Crippen molar-refractivity contribution in [2.45, 2.75) is 27.2 Å². The van der Waals surface area contributed by atoms with E-state index in [-0.39, 0.29) is 11.4 Å². The van der Waals surface area contributed by atoms with Gasteiger partial charge in [-0.25, -0.2) is 14.3 Å². The predicted molar refractivity (Wildman–Crippen MR) is 103 cm³/mol. The third kappa shape index (κ3) is 4.13. The first kappa shape index (κ1) is 19.0. The van der Waals surface area contributed by atoms with Gasteiger partial charge in [0, 0.05) is 15.9 Å². The summed E-state index contributed by atoms with van der Waals surface area (Å²) in [4.78, 5) is 33.3. The fourth-order valence-electron chi connectivity index (χ4n) is 2.51. The number of aryl methyl sites for hydroxylation is 2. The summed E-state index contributed by atoms with van der Waals surface area (Å²) in [6, 6.07) is 6.78. The molecule has 0 radical (unpaired) electrons. The molecule has 0 bridgehead atoms. The first-order valence-corrected chi connectivity index (χ1v) is 9.17. The van der Waals surface area contributed by atoms with E-state index in [1.807, 2.05) is 26.8 Å². The van der Waals surface area contributed by atoms with E-state index in [9.17, 15) is 9.59 Å². The second-order valence-electron chi connectivity index (χ2n) is 5.97. The van der Waals surface area contributed by atoms with E-state index in [0.717, 1.165) is 11.4 Å². The molecule has 3 aromatic rings. The number of benzene rings is 1. The lowest BCUT2D eigenvalue weighted by molar-refractivity contribution is 0.0506. The number of anilines is 1. The van der Waals surface area contributed by atoms with Gasteiger partial charge in [-0.1, -0.05) is 22.9 Å². The van der Waals surface area contributed by atoms with E-state index in [4.69, 9.17) is 4.74 Å². The van der Waals surface area contributed by atoms with E-state index in [2.05, 4.69) is 36.3 Å². The summed E-state index contributed by atoms with van der Waals surface area (Å²) in [5, 5.41) is 6.88. The van der Waals surface area contributed by atoms with Crippen molar-refractivity contribution in [3.8, 4) is 0 Å². The zero-order valence-corrected chi connectivity index (χ0v) is 16.7. The monoisotopic (exact) mass is 431 g/mol. The third-order valence-corrected chi connectivity index (χ3v) is 4.20. The van der Waals surface area contributed by atoms with E-state index >= 15 is 0 Å². The van der Waals surface area contributed by atoms with Gasteiger partial charge in [0.15, 0.2) is 0 Å². The van der Waals surface area contributed by atoms with Crippen molar-refractivity contribution in [2.75, 3.05) is 11.9 Å². The van der Waals surface area contributed by atoms with Gasteiger partial charge < -0.3 is 10.1 Å². The van der Waals surface area contributed by atoms with Crippen LogP contribution in [0.5, 0.6) is 0 Å². The first-order chi connectivity index (χ1) is 12.9. The van der Waals surface area contributed by atoms with Crippen molar-refractivity contribution in [1.29, 1.82) is 0 Å². The standard InChI is InChI=1S/C18H18BrN5O3/c1-4-7-27-17(26)13-9-12(19)5-6-14(13)21-16(25)15-22-18-20-10(2)8-11(3)24(18)23-15/h5-6,8-9H,4,7H2,1-3H3,(H,21,25). The second-order valence-corrected chi connectivity index (χ2v) is 6.88. The van der Waals surface area contributed by atoms with Crippen molar-refractivity contribution in [3.05, 3.63) is 51.5 Å². The summed E-state index contributed by atoms with van der Waals surface area (Å²) in [6.45, 7) is 5.91. The molecule has 0 aliphatic carbocycles. The molecule has 27 heavy (non-hydrogen) atoms. The van der Waals surface area contributed by atoms with Gasteiger partial charge in [-0.15, -0.1) is 5.10 Å². The Morgan fingerprint density at radius 3 is 2.74 bits per heavy atom. The van der Waals surface area contributed by atoms with Gasteiger partial charge in [0.2, 0.25) is 5.82 Å². The maximum absolute atomic E-state index is 12.6. The van der Waals surface area contributed by atoms with Gasteiger partial charge in [0.1, 0.15) is 0 Å². The fraction of sp³-hybridized carbons (Fsp3) is 0.278. The van der Waals surface area contributed by atoms with Gasteiger partial charge in [-0.2, -0.15) is 4.98 Å². The largest absolute Gasteiger partial charge is 0.462 e. The highest BCUT2D eigenvalue weighted by atomic mass is 79.9. The Morgan fingerprint density at radius 2 is 2.00 bits per heavy atom. The molecule has 140 valence electrons. The first-order valence-electron chi connectivity index (χ1n) is 8.38. The molecule has 1 aromatic carbocycles. The van der Waals surface area contributed by atoms with Crippen LogP contribution in [0, 0.1) is 13.8 Å². The Labute approximate surface area is 164 Å². The van der Waals surface area contributed by atoms with Crippen LogP contribution in [0.25, 0.3) is 5.78 Å². The number of rotatable bonds is 5.